The summed E-state index contributed by atoms with van der Waals surface area (Å²) in [4.78, 5) is 9.43. The van der Waals surface area contributed by atoms with Crippen LogP contribution in [-0.4, -0.2) is 55.0 Å². The molecule has 1 aromatic rings. The van der Waals surface area contributed by atoms with E-state index < -0.39 is 0 Å². The van der Waals surface area contributed by atoms with E-state index in [-0.39, 0.29) is 0 Å². The highest BCUT2D eigenvalue weighted by molar-refractivity contribution is 5.78. The van der Waals surface area contributed by atoms with Gasteiger partial charge < -0.3 is 16.0 Å². The minimum Gasteiger partial charge on any atom is -0.370 e. The molecule has 0 aromatic heterocycles. The lowest BCUT2D eigenvalue weighted by Crippen LogP contribution is -2.43. The van der Waals surface area contributed by atoms with Crippen molar-refractivity contribution < 1.29 is 0 Å². The lowest BCUT2D eigenvalue weighted by Gasteiger charge is -2.32. The van der Waals surface area contributed by atoms with Crippen LogP contribution in [0.15, 0.2) is 29.3 Å². The molecule has 0 unspecified atom stereocenters. The number of hydrogen-bond acceptors (Lipinski definition) is 3. The summed E-state index contributed by atoms with van der Waals surface area (Å²) in [5.74, 6) is 0.591. The standard InChI is InChI=1S/C20H33N5/c1-24-11-13-25(14-12-24)16-18-9-7-17(8-10-18)15-22-20(21)23-19-5-3-2-4-6-19/h7-10,19H,2-6,11-16H2,1H3,(H3,21,22,23). The van der Waals surface area contributed by atoms with E-state index in [0.717, 1.165) is 19.6 Å². The molecule has 0 atom stereocenters. The molecule has 0 amide bonds. The molecule has 0 spiro atoms. The monoisotopic (exact) mass is 343 g/mol. The fourth-order valence-corrected chi connectivity index (χ4v) is 3.69. The Bertz CT molecular complexity index is 540. The van der Waals surface area contributed by atoms with Gasteiger partial charge in [-0.25, -0.2) is 4.99 Å². The van der Waals surface area contributed by atoms with E-state index in [0.29, 0.717) is 18.5 Å². The summed E-state index contributed by atoms with van der Waals surface area (Å²) < 4.78 is 0. The average Bonchev–Trinajstić information content (AvgIpc) is 2.64. The Labute approximate surface area is 152 Å². The van der Waals surface area contributed by atoms with Crippen molar-refractivity contribution in [3.8, 4) is 0 Å². The summed E-state index contributed by atoms with van der Waals surface area (Å²) in [6.07, 6.45) is 6.41. The first-order valence-electron chi connectivity index (χ1n) is 9.74. The summed E-state index contributed by atoms with van der Waals surface area (Å²) in [6, 6.07) is 9.34. The molecule has 1 saturated carbocycles. The van der Waals surface area contributed by atoms with Crippen molar-refractivity contribution in [3.63, 3.8) is 0 Å². The van der Waals surface area contributed by atoms with Crippen molar-refractivity contribution in [2.24, 2.45) is 10.7 Å². The van der Waals surface area contributed by atoms with Crippen LogP contribution in [0.5, 0.6) is 0 Å². The fraction of sp³-hybridized carbons (Fsp3) is 0.650. The first kappa shape index (κ1) is 18.2. The molecule has 1 aromatic carbocycles. The average molecular weight is 344 g/mol. The van der Waals surface area contributed by atoms with Crippen molar-refractivity contribution in [1.29, 1.82) is 0 Å². The van der Waals surface area contributed by atoms with Crippen molar-refractivity contribution in [3.05, 3.63) is 35.4 Å². The topological polar surface area (TPSA) is 56.9 Å². The maximum Gasteiger partial charge on any atom is 0.189 e. The summed E-state index contributed by atoms with van der Waals surface area (Å²) in [7, 11) is 2.20. The van der Waals surface area contributed by atoms with E-state index in [1.54, 1.807) is 0 Å². The molecule has 1 aliphatic carbocycles. The van der Waals surface area contributed by atoms with E-state index in [1.165, 1.54) is 56.3 Å². The Morgan fingerprint density at radius 1 is 1.04 bits per heavy atom. The highest BCUT2D eigenvalue weighted by Gasteiger charge is 2.14. The highest BCUT2D eigenvalue weighted by atomic mass is 15.2. The van der Waals surface area contributed by atoms with Gasteiger partial charge in [0.2, 0.25) is 0 Å². The SMILES string of the molecule is CN1CCN(Cc2ccc(CN=C(N)NC3CCCCC3)cc2)CC1. The molecule has 1 saturated heterocycles. The van der Waals surface area contributed by atoms with Gasteiger partial charge in [0, 0.05) is 38.8 Å². The maximum absolute atomic E-state index is 6.05. The molecule has 3 N–H and O–H groups in total. The number of hydrogen-bond donors (Lipinski definition) is 2. The van der Waals surface area contributed by atoms with Gasteiger partial charge in [0.05, 0.1) is 6.54 Å². The summed E-state index contributed by atoms with van der Waals surface area (Å²) in [5.41, 5.74) is 8.64. The van der Waals surface area contributed by atoms with Gasteiger partial charge in [0.25, 0.3) is 0 Å². The molecular weight excluding hydrogens is 310 g/mol. The number of piperazine rings is 1. The lowest BCUT2D eigenvalue weighted by atomic mass is 9.96. The second-order valence-electron chi connectivity index (χ2n) is 7.58. The molecule has 0 radical (unpaired) electrons. The normalized spacial score (nSPS) is 21.4. The number of rotatable bonds is 5. The predicted molar refractivity (Wildman–Crippen MR) is 105 cm³/mol. The number of likely N-dealkylation sites (N-methyl/N-ethyl adjacent to an activating group) is 1. The second kappa shape index (κ2) is 9.20. The highest BCUT2D eigenvalue weighted by Crippen LogP contribution is 2.17. The molecule has 138 valence electrons. The molecule has 0 bridgehead atoms. The van der Waals surface area contributed by atoms with Crippen molar-refractivity contribution in [2.75, 3.05) is 33.2 Å². The first-order chi connectivity index (χ1) is 12.2. The molecule has 25 heavy (non-hydrogen) atoms. The maximum atomic E-state index is 6.05. The third-order valence-electron chi connectivity index (χ3n) is 5.41. The van der Waals surface area contributed by atoms with E-state index >= 15 is 0 Å². The largest absolute Gasteiger partial charge is 0.370 e. The van der Waals surface area contributed by atoms with Gasteiger partial charge in [-0.15, -0.1) is 0 Å². The Morgan fingerprint density at radius 3 is 2.36 bits per heavy atom. The third kappa shape index (κ3) is 6.01. The van der Waals surface area contributed by atoms with Crippen LogP contribution in [0.3, 0.4) is 0 Å². The molecule has 2 fully saturated rings. The number of nitrogens with one attached hydrogen (secondary N) is 1. The minimum absolute atomic E-state index is 0.517. The predicted octanol–water partition coefficient (Wildman–Crippen LogP) is 2.17. The van der Waals surface area contributed by atoms with Crippen LogP contribution in [0, 0.1) is 0 Å². The quantitative estimate of drug-likeness (QED) is 0.635. The fourth-order valence-electron chi connectivity index (χ4n) is 3.69. The zero-order valence-electron chi connectivity index (χ0n) is 15.6. The van der Waals surface area contributed by atoms with Crippen LogP contribution in [0.2, 0.25) is 0 Å². The number of nitrogens with two attached hydrogens (primary N) is 1. The van der Waals surface area contributed by atoms with Gasteiger partial charge >= 0.3 is 0 Å². The van der Waals surface area contributed by atoms with E-state index in [9.17, 15) is 0 Å². The van der Waals surface area contributed by atoms with Crippen LogP contribution in [0.4, 0.5) is 0 Å². The Morgan fingerprint density at radius 2 is 1.68 bits per heavy atom. The van der Waals surface area contributed by atoms with E-state index in [2.05, 4.69) is 51.4 Å². The first-order valence-corrected chi connectivity index (χ1v) is 9.74. The Hall–Kier alpha value is -1.59. The van der Waals surface area contributed by atoms with E-state index in [1.807, 2.05) is 0 Å². The Balaban J connectivity index is 1.44. The van der Waals surface area contributed by atoms with E-state index in [4.69, 9.17) is 5.73 Å². The number of nitrogens with zero attached hydrogens (tertiary/aromatic N) is 3. The summed E-state index contributed by atoms with van der Waals surface area (Å²) in [6.45, 7) is 6.35. The molecule has 1 aliphatic heterocycles. The third-order valence-corrected chi connectivity index (χ3v) is 5.41. The van der Waals surface area contributed by atoms with Crippen molar-refractivity contribution in [1.82, 2.24) is 15.1 Å². The van der Waals surface area contributed by atoms with Gasteiger partial charge in [0.15, 0.2) is 5.96 Å². The van der Waals surface area contributed by atoms with Crippen LogP contribution in [0.1, 0.15) is 43.2 Å². The van der Waals surface area contributed by atoms with Crippen molar-refractivity contribution >= 4 is 5.96 Å². The zero-order chi connectivity index (χ0) is 17.5. The summed E-state index contributed by atoms with van der Waals surface area (Å²) in [5, 5.41) is 3.38. The van der Waals surface area contributed by atoms with Gasteiger partial charge in [-0.2, -0.15) is 0 Å². The van der Waals surface area contributed by atoms with Crippen molar-refractivity contribution in [2.45, 2.75) is 51.2 Å². The van der Waals surface area contributed by atoms with Gasteiger partial charge in [-0.05, 0) is 31.0 Å². The van der Waals surface area contributed by atoms with Crippen LogP contribution in [-0.2, 0) is 13.1 Å². The number of aliphatic imine (C=N–C) groups is 1. The Kier molecular flexibility index (Phi) is 6.70. The lowest BCUT2D eigenvalue weighted by molar-refractivity contribution is 0.148. The molecule has 5 heteroatoms. The second-order valence-corrected chi connectivity index (χ2v) is 7.58. The van der Waals surface area contributed by atoms with Crippen LogP contribution < -0.4 is 11.1 Å². The van der Waals surface area contributed by atoms with Gasteiger partial charge in [-0.3, -0.25) is 4.90 Å². The minimum atomic E-state index is 0.517. The zero-order valence-corrected chi connectivity index (χ0v) is 15.6. The molecule has 2 aliphatic rings. The number of benzene rings is 1. The molecular formula is C20H33N5. The van der Waals surface area contributed by atoms with Crippen LogP contribution >= 0.6 is 0 Å². The molecule has 1 heterocycles. The van der Waals surface area contributed by atoms with Gasteiger partial charge in [0.1, 0.15) is 0 Å². The smallest absolute Gasteiger partial charge is 0.189 e. The molecule has 3 rings (SSSR count). The molecule has 5 nitrogen and oxygen atoms in total. The van der Waals surface area contributed by atoms with Crippen LogP contribution in [0.25, 0.3) is 0 Å². The van der Waals surface area contributed by atoms with Gasteiger partial charge in [-0.1, -0.05) is 43.5 Å². The summed E-state index contributed by atoms with van der Waals surface area (Å²) >= 11 is 0. The number of guanidine groups is 1.